The lowest BCUT2D eigenvalue weighted by molar-refractivity contribution is -0.141. The SMILES string of the molecule is CN(C)c1ccccc1Oc1nnc(C(F)(F)F)cc1C(=O)Nc1cccc(S(C)(=O)=O)c1. The molecule has 12 heteroatoms. The van der Waals surface area contributed by atoms with Crippen molar-refractivity contribution in [2.75, 3.05) is 30.6 Å². The van der Waals surface area contributed by atoms with Gasteiger partial charge < -0.3 is 15.0 Å². The Morgan fingerprint density at radius 1 is 1.03 bits per heavy atom. The van der Waals surface area contributed by atoms with Crippen molar-refractivity contribution in [1.82, 2.24) is 10.2 Å². The molecule has 1 heterocycles. The quantitative estimate of drug-likeness (QED) is 0.569. The topological polar surface area (TPSA) is 101 Å². The summed E-state index contributed by atoms with van der Waals surface area (Å²) >= 11 is 0. The molecular formula is C21H19F3N4O4S. The van der Waals surface area contributed by atoms with Gasteiger partial charge in [0.05, 0.1) is 10.6 Å². The minimum atomic E-state index is -4.85. The molecule has 0 fully saturated rings. The average Bonchev–Trinajstić information content (AvgIpc) is 2.73. The molecule has 0 aliphatic heterocycles. The van der Waals surface area contributed by atoms with Gasteiger partial charge in [0.25, 0.3) is 11.8 Å². The van der Waals surface area contributed by atoms with Crippen LogP contribution in [0, 0.1) is 0 Å². The number of carbonyl (C=O) groups is 1. The number of benzene rings is 2. The molecule has 0 atom stereocenters. The number of nitrogens with one attached hydrogen (secondary N) is 1. The number of ether oxygens (including phenoxy) is 1. The zero-order chi connectivity index (χ0) is 24.4. The maximum absolute atomic E-state index is 13.2. The van der Waals surface area contributed by atoms with Gasteiger partial charge >= 0.3 is 6.18 Å². The number of aromatic nitrogens is 2. The van der Waals surface area contributed by atoms with E-state index >= 15 is 0 Å². The molecule has 0 spiro atoms. The minimum Gasteiger partial charge on any atom is -0.435 e. The first-order valence-corrected chi connectivity index (χ1v) is 11.3. The fourth-order valence-corrected chi connectivity index (χ4v) is 3.44. The second-order valence-corrected chi connectivity index (χ2v) is 9.18. The number of nitrogens with zero attached hydrogens (tertiary/aromatic N) is 3. The second-order valence-electron chi connectivity index (χ2n) is 7.16. The highest BCUT2D eigenvalue weighted by Gasteiger charge is 2.35. The third kappa shape index (κ3) is 5.77. The van der Waals surface area contributed by atoms with E-state index in [1.54, 1.807) is 43.3 Å². The Morgan fingerprint density at radius 3 is 2.36 bits per heavy atom. The Kier molecular flexibility index (Phi) is 6.58. The zero-order valence-electron chi connectivity index (χ0n) is 17.7. The van der Waals surface area contributed by atoms with E-state index in [1.165, 1.54) is 24.3 Å². The Labute approximate surface area is 187 Å². The predicted molar refractivity (Wildman–Crippen MR) is 115 cm³/mol. The van der Waals surface area contributed by atoms with Crippen LogP contribution >= 0.6 is 0 Å². The molecule has 0 aliphatic carbocycles. The van der Waals surface area contributed by atoms with Gasteiger partial charge in [0.1, 0.15) is 5.56 Å². The first-order valence-electron chi connectivity index (χ1n) is 9.37. The molecule has 0 bridgehead atoms. The number of para-hydroxylation sites is 2. The summed E-state index contributed by atoms with van der Waals surface area (Å²) in [7, 11) is -0.0872. The molecule has 0 saturated carbocycles. The van der Waals surface area contributed by atoms with Crippen molar-refractivity contribution >= 4 is 27.1 Å². The summed E-state index contributed by atoms with van der Waals surface area (Å²) in [6.07, 6.45) is -3.86. The average molecular weight is 480 g/mol. The Hall–Kier alpha value is -3.67. The molecule has 1 N–H and O–H groups in total. The Balaban J connectivity index is 2.03. The van der Waals surface area contributed by atoms with Crippen molar-refractivity contribution in [2.45, 2.75) is 11.1 Å². The van der Waals surface area contributed by atoms with Crippen LogP contribution in [-0.2, 0) is 16.0 Å². The normalized spacial score (nSPS) is 11.7. The van der Waals surface area contributed by atoms with Crippen LogP contribution in [0.1, 0.15) is 16.1 Å². The predicted octanol–water partition coefficient (Wildman–Crippen LogP) is 4.01. The van der Waals surface area contributed by atoms with Gasteiger partial charge in [-0.05, 0) is 36.4 Å². The number of anilines is 2. The summed E-state index contributed by atoms with van der Waals surface area (Å²) in [4.78, 5) is 14.5. The fraction of sp³-hybridized carbons (Fsp3) is 0.190. The van der Waals surface area contributed by atoms with Gasteiger partial charge in [0.2, 0.25) is 0 Å². The molecule has 174 valence electrons. The summed E-state index contributed by atoms with van der Waals surface area (Å²) in [6, 6.07) is 12.5. The number of hydrogen-bond acceptors (Lipinski definition) is 7. The molecule has 3 rings (SSSR count). The van der Waals surface area contributed by atoms with Crippen molar-refractivity contribution in [2.24, 2.45) is 0 Å². The van der Waals surface area contributed by atoms with Crippen LogP contribution in [0.2, 0.25) is 0 Å². The second kappa shape index (κ2) is 9.06. The summed E-state index contributed by atoms with van der Waals surface area (Å²) in [5.41, 5.74) is -1.26. The lowest BCUT2D eigenvalue weighted by Gasteiger charge is -2.18. The highest BCUT2D eigenvalue weighted by molar-refractivity contribution is 7.90. The van der Waals surface area contributed by atoms with E-state index in [4.69, 9.17) is 4.74 Å². The largest absolute Gasteiger partial charge is 0.435 e. The van der Waals surface area contributed by atoms with Gasteiger partial charge in [-0.3, -0.25) is 4.79 Å². The van der Waals surface area contributed by atoms with E-state index in [-0.39, 0.29) is 16.3 Å². The smallest absolute Gasteiger partial charge is 0.435 e. The lowest BCUT2D eigenvalue weighted by Crippen LogP contribution is -2.18. The Morgan fingerprint density at radius 2 is 1.73 bits per heavy atom. The van der Waals surface area contributed by atoms with Crippen LogP contribution in [-0.4, -0.2) is 44.9 Å². The molecule has 33 heavy (non-hydrogen) atoms. The summed E-state index contributed by atoms with van der Waals surface area (Å²) in [6.45, 7) is 0. The molecule has 1 amide bonds. The molecule has 8 nitrogen and oxygen atoms in total. The first-order chi connectivity index (χ1) is 15.4. The van der Waals surface area contributed by atoms with E-state index < -0.39 is 39.1 Å². The fourth-order valence-electron chi connectivity index (χ4n) is 2.78. The van der Waals surface area contributed by atoms with E-state index in [1.807, 2.05) is 0 Å². The molecule has 0 aliphatic rings. The van der Waals surface area contributed by atoms with E-state index in [0.29, 0.717) is 11.8 Å². The number of amides is 1. The number of rotatable bonds is 6. The van der Waals surface area contributed by atoms with Crippen LogP contribution in [0.4, 0.5) is 24.5 Å². The standard InChI is InChI=1S/C21H19F3N4O4S/c1-28(2)16-9-4-5-10-17(16)32-20-15(12-18(26-27-20)21(22,23)24)19(29)25-13-7-6-8-14(11-13)33(3,30)31/h4-12H,1-3H3,(H,25,29). The first kappa shape index (κ1) is 24.0. The number of hydrogen-bond donors (Lipinski definition) is 1. The minimum absolute atomic E-state index is 0.0629. The Bertz CT molecular complexity index is 1290. The number of carbonyl (C=O) groups excluding carboxylic acids is 1. The molecule has 0 radical (unpaired) electrons. The van der Waals surface area contributed by atoms with Crippen LogP contribution in [0.3, 0.4) is 0 Å². The highest BCUT2D eigenvalue weighted by Crippen LogP contribution is 2.34. The van der Waals surface area contributed by atoms with Gasteiger partial charge in [0, 0.05) is 26.0 Å². The van der Waals surface area contributed by atoms with E-state index in [0.717, 1.165) is 6.26 Å². The molecule has 0 unspecified atom stereocenters. The van der Waals surface area contributed by atoms with Gasteiger partial charge in [-0.1, -0.05) is 18.2 Å². The maximum atomic E-state index is 13.2. The molecule has 2 aromatic carbocycles. The van der Waals surface area contributed by atoms with Gasteiger partial charge in [0.15, 0.2) is 21.3 Å². The van der Waals surface area contributed by atoms with Crippen molar-refractivity contribution in [3.8, 4) is 11.6 Å². The highest BCUT2D eigenvalue weighted by atomic mass is 32.2. The molecular weight excluding hydrogens is 461 g/mol. The molecule has 0 saturated heterocycles. The summed E-state index contributed by atoms with van der Waals surface area (Å²) in [5, 5.41) is 9.02. The molecule has 1 aromatic heterocycles. The van der Waals surface area contributed by atoms with Crippen molar-refractivity contribution in [3.05, 3.63) is 65.9 Å². The van der Waals surface area contributed by atoms with Gasteiger partial charge in [-0.2, -0.15) is 13.2 Å². The van der Waals surface area contributed by atoms with Crippen LogP contribution in [0.5, 0.6) is 11.6 Å². The van der Waals surface area contributed by atoms with E-state index in [2.05, 4.69) is 15.5 Å². The third-order valence-corrected chi connectivity index (χ3v) is 5.48. The van der Waals surface area contributed by atoms with Crippen molar-refractivity contribution in [1.29, 1.82) is 0 Å². The van der Waals surface area contributed by atoms with Crippen molar-refractivity contribution in [3.63, 3.8) is 0 Å². The number of sulfone groups is 1. The summed E-state index contributed by atoms with van der Waals surface area (Å²) in [5.74, 6) is -1.20. The monoisotopic (exact) mass is 480 g/mol. The lowest BCUT2D eigenvalue weighted by atomic mass is 10.2. The van der Waals surface area contributed by atoms with Crippen molar-refractivity contribution < 1.29 is 31.1 Å². The van der Waals surface area contributed by atoms with Crippen LogP contribution in [0.25, 0.3) is 0 Å². The van der Waals surface area contributed by atoms with Gasteiger partial charge in [-0.15, -0.1) is 10.2 Å². The zero-order valence-corrected chi connectivity index (χ0v) is 18.5. The van der Waals surface area contributed by atoms with Crippen LogP contribution in [0.15, 0.2) is 59.5 Å². The van der Waals surface area contributed by atoms with E-state index in [9.17, 15) is 26.4 Å². The third-order valence-electron chi connectivity index (χ3n) is 4.37. The molecule has 3 aromatic rings. The van der Waals surface area contributed by atoms with Crippen LogP contribution < -0.4 is 15.0 Å². The maximum Gasteiger partial charge on any atom is 0.435 e. The number of alkyl halides is 3. The summed E-state index contributed by atoms with van der Waals surface area (Å²) < 4.78 is 68.9. The number of halogens is 3. The van der Waals surface area contributed by atoms with Gasteiger partial charge in [-0.25, -0.2) is 8.42 Å².